The Kier molecular flexibility index (Phi) is 8.25. The number of aryl methyl sites for hydroxylation is 1. The Balaban J connectivity index is 1.78. The van der Waals surface area contributed by atoms with Crippen molar-refractivity contribution in [3.05, 3.63) is 47.0 Å². The van der Waals surface area contributed by atoms with Crippen LogP contribution in [0.4, 0.5) is 5.69 Å². The number of nitrogens with zero attached hydrogens (tertiary/aromatic N) is 1. The molecule has 34 heavy (non-hydrogen) atoms. The molecule has 2 N–H and O–H groups in total. The number of carbonyl (C=O) groups excluding carboxylic acids is 1. The van der Waals surface area contributed by atoms with Crippen LogP contribution >= 0.6 is 11.6 Å². The Morgan fingerprint density at radius 3 is 2.50 bits per heavy atom. The number of ether oxygens (including phenoxy) is 1. The lowest BCUT2D eigenvalue weighted by Gasteiger charge is -2.31. The van der Waals surface area contributed by atoms with E-state index < -0.39 is 26.0 Å². The maximum Gasteiger partial charge on any atom is 0.243 e. The molecule has 0 saturated carbocycles. The number of halogens is 1. The molecule has 0 bridgehead atoms. The summed E-state index contributed by atoms with van der Waals surface area (Å²) in [5.74, 6) is -0.561. The predicted octanol–water partition coefficient (Wildman–Crippen LogP) is 2.99. The van der Waals surface area contributed by atoms with E-state index in [2.05, 4.69) is 10.0 Å². The second-order valence-corrected chi connectivity index (χ2v) is 12.1. The van der Waals surface area contributed by atoms with E-state index in [4.69, 9.17) is 16.3 Å². The molecule has 1 heterocycles. The quantitative estimate of drug-likeness (QED) is 0.542. The van der Waals surface area contributed by atoms with Crippen molar-refractivity contribution in [1.82, 2.24) is 9.03 Å². The van der Waals surface area contributed by atoms with Crippen molar-refractivity contribution < 1.29 is 26.4 Å². The van der Waals surface area contributed by atoms with Gasteiger partial charge in [0.05, 0.1) is 27.3 Å². The zero-order chi connectivity index (χ0) is 25.1. The highest BCUT2D eigenvalue weighted by molar-refractivity contribution is 7.89. The predicted molar refractivity (Wildman–Crippen MR) is 130 cm³/mol. The fourth-order valence-corrected chi connectivity index (χ4v) is 6.30. The van der Waals surface area contributed by atoms with E-state index >= 15 is 0 Å². The molecule has 0 spiro atoms. The molecule has 3 rings (SSSR count). The summed E-state index contributed by atoms with van der Waals surface area (Å²) < 4.78 is 59.5. The minimum absolute atomic E-state index is 0.00650. The number of carbonyl (C=O) groups is 1. The summed E-state index contributed by atoms with van der Waals surface area (Å²) in [6.07, 6.45) is 1.02. The highest BCUT2D eigenvalue weighted by Gasteiger charge is 2.34. The molecular weight excluding hydrogens is 502 g/mol. The van der Waals surface area contributed by atoms with Crippen LogP contribution in [0.15, 0.2) is 46.2 Å². The van der Waals surface area contributed by atoms with Crippen molar-refractivity contribution in [2.24, 2.45) is 5.92 Å². The fraction of sp³-hybridized carbons (Fsp3) is 0.409. The molecule has 12 heteroatoms. The number of rotatable bonds is 8. The molecule has 0 aliphatic carbocycles. The molecule has 1 saturated heterocycles. The molecule has 1 aliphatic heterocycles. The fourth-order valence-electron chi connectivity index (χ4n) is 3.69. The SMILES string of the molecule is CCOc1ccc(S(=O)(=O)N2CCC[C@@H](C(=O)Nc3cc(S(=O)(=O)NC)ccc3C)C2)cc1Cl. The van der Waals surface area contributed by atoms with Crippen molar-refractivity contribution in [2.45, 2.75) is 36.5 Å². The second kappa shape index (κ2) is 10.6. The van der Waals surface area contributed by atoms with E-state index in [9.17, 15) is 21.6 Å². The molecule has 0 unspecified atom stereocenters. The van der Waals surface area contributed by atoms with E-state index in [0.29, 0.717) is 36.4 Å². The number of amides is 1. The second-order valence-electron chi connectivity index (χ2n) is 7.90. The van der Waals surface area contributed by atoms with E-state index in [1.54, 1.807) is 19.9 Å². The largest absolute Gasteiger partial charge is 0.492 e. The third kappa shape index (κ3) is 5.72. The molecule has 1 fully saturated rings. The molecule has 2 aromatic carbocycles. The van der Waals surface area contributed by atoms with Gasteiger partial charge >= 0.3 is 0 Å². The number of piperidine rings is 1. The van der Waals surface area contributed by atoms with Crippen LogP contribution in [0.25, 0.3) is 0 Å². The van der Waals surface area contributed by atoms with Gasteiger partial charge in [0.25, 0.3) is 0 Å². The van der Waals surface area contributed by atoms with Crippen molar-refractivity contribution in [2.75, 3.05) is 32.1 Å². The molecule has 0 aromatic heterocycles. The summed E-state index contributed by atoms with van der Waals surface area (Å²) >= 11 is 6.17. The zero-order valence-electron chi connectivity index (χ0n) is 19.2. The van der Waals surface area contributed by atoms with Gasteiger partial charge in [-0.25, -0.2) is 21.6 Å². The average Bonchev–Trinajstić information content (AvgIpc) is 2.81. The van der Waals surface area contributed by atoms with Gasteiger partial charge in [0, 0.05) is 18.8 Å². The average molecular weight is 530 g/mol. The lowest BCUT2D eigenvalue weighted by molar-refractivity contribution is -0.120. The van der Waals surface area contributed by atoms with Crippen LogP contribution in [0.3, 0.4) is 0 Å². The molecule has 186 valence electrons. The molecule has 1 atom stereocenters. The maximum atomic E-state index is 13.2. The summed E-state index contributed by atoms with van der Waals surface area (Å²) in [6.45, 7) is 4.24. The standard InChI is InChI=1S/C22H28ClN3O6S2/c1-4-32-21-10-9-18(12-19(21)23)34(30,31)26-11-5-6-16(14-26)22(27)25-20-13-17(8-7-15(20)2)33(28,29)24-3/h7-10,12-13,16,24H,4-6,11,14H2,1-3H3,(H,25,27)/t16-/m1/s1. The number of hydrogen-bond acceptors (Lipinski definition) is 6. The number of anilines is 1. The van der Waals surface area contributed by atoms with E-state index in [-0.39, 0.29) is 33.8 Å². The van der Waals surface area contributed by atoms with Crippen LogP contribution in [-0.2, 0) is 24.8 Å². The van der Waals surface area contributed by atoms with Gasteiger partial charge in [-0.1, -0.05) is 17.7 Å². The van der Waals surface area contributed by atoms with E-state index in [1.807, 2.05) is 0 Å². The molecule has 0 radical (unpaired) electrons. The van der Waals surface area contributed by atoms with Gasteiger partial charge in [0.2, 0.25) is 26.0 Å². The number of sulfonamides is 2. The van der Waals surface area contributed by atoms with Crippen molar-refractivity contribution >= 4 is 43.2 Å². The number of hydrogen-bond donors (Lipinski definition) is 2. The van der Waals surface area contributed by atoms with Gasteiger partial charge in [0.1, 0.15) is 5.75 Å². The van der Waals surface area contributed by atoms with Gasteiger partial charge in [-0.2, -0.15) is 4.31 Å². The van der Waals surface area contributed by atoms with E-state index in [1.165, 1.54) is 41.7 Å². The van der Waals surface area contributed by atoms with Crippen molar-refractivity contribution in [3.63, 3.8) is 0 Å². The molecule has 9 nitrogen and oxygen atoms in total. The van der Waals surface area contributed by atoms with Crippen LogP contribution in [-0.4, -0.2) is 53.8 Å². The summed E-state index contributed by atoms with van der Waals surface area (Å²) in [7, 11) is -6.24. The van der Waals surface area contributed by atoms with Crippen LogP contribution in [0.2, 0.25) is 5.02 Å². The number of nitrogens with one attached hydrogen (secondary N) is 2. The summed E-state index contributed by atoms with van der Waals surface area (Å²) in [6, 6.07) is 8.75. The highest BCUT2D eigenvalue weighted by atomic mass is 35.5. The summed E-state index contributed by atoms with van der Waals surface area (Å²) in [5.41, 5.74) is 1.05. The van der Waals surface area contributed by atoms with Crippen LogP contribution in [0.1, 0.15) is 25.3 Å². The Hall–Kier alpha value is -2.18. The zero-order valence-corrected chi connectivity index (χ0v) is 21.6. The van der Waals surface area contributed by atoms with Crippen molar-refractivity contribution in [1.29, 1.82) is 0 Å². The third-order valence-electron chi connectivity index (χ3n) is 5.64. The summed E-state index contributed by atoms with van der Waals surface area (Å²) in [5, 5.41) is 2.96. The van der Waals surface area contributed by atoms with Gasteiger partial charge in [-0.15, -0.1) is 0 Å². The van der Waals surface area contributed by atoms with Crippen LogP contribution in [0, 0.1) is 12.8 Å². The highest BCUT2D eigenvalue weighted by Crippen LogP contribution is 2.31. The van der Waals surface area contributed by atoms with Gasteiger partial charge in [0.15, 0.2) is 0 Å². The first kappa shape index (κ1) is 26.4. The minimum Gasteiger partial charge on any atom is -0.492 e. The van der Waals surface area contributed by atoms with Crippen LogP contribution in [0.5, 0.6) is 5.75 Å². The lowest BCUT2D eigenvalue weighted by Crippen LogP contribution is -2.43. The van der Waals surface area contributed by atoms with E-state index in [0.717, 1.165) is 0 Å². The maximum absolute atomic E-state index is 13.2. The first-order valence-corrected chi connectivity index (χ1v) is 14.1. The van der Waals surface area contributed by atoms with Gasteiger partial charge in [-0.3, -0.25) is 4.79 Å². The van der Waals surface area contributed by atoms with Gasteiger partial charge in [-0.05, 0) is 69.6 Å². The minimum atomic E-state index is -3.87. The smallest absolute Gasteiger partial charge is 0.243 e. The Morgan fingerprint density at radius 2 is 1.85 bits per heavy atom. The number of benzene rings is 2. The molecule has 1 aliphatic rings. The van der Waals surface area contributed by atoms with Gasteiger partial charge < -0.3 is 10.1 Å². The normalized spacial score (nSPS) is 17.4. The topological polar surface area (TPSA) is 122 Å². The Morgan fingerprint density at radius 1 is 1.15 bits per heavy atom. The lowest BCUT2D eigenvalue weighted by atomic mass is 9.98. The monoisotopic (exact) mass is 529 g/mol. The molecule has 1 amide bonds. The molecular formula is C22H28ClN3O6S2. The van der Waals surface area contributed by atoms with Crippen LogP contribution < -0.4 is 14.8 Å². The first-order chi connectivity index (χ1) is 16.0. The Bertz CT molecular complexity index is 1280. The van der Waals surface area contributed by atoms with Crippen molar-refractivity contribution in [3.8, 4) is 5.75 Å². The molecule has 2 aromatic rings. The Labute approximate surface area is 205 Å². The third-order valence-corrected chi connectivity index (χ3v) is 9.21. The summed E-state index contributed by atoms with van der Waals surface area (Å²) in [4.78, 5) is 13.0. The first-order valence-electron chi connectivity index (χ1n) is 10.8.